The summed E-state index contributed by atoms with van der Waals surface area (Å²) < 4.78 is 51.6. The van der Waals surface area contributed by atoms with Gasteiger partial charge in [-0.05, 0) is 42.3 Å². The number of likely N-dealkylation sites (N-methyl/N-ethyl adjacent to an activating group) is 1. The van der Waals surface area contributed by atoms with E-state index in [0.717, 1.165) is 16.1 Å². The van der Waals surface area contributed by atoms with E-state index in [1.54, 1.807) is 13.0 Å². The summed E-state index contributed by atoms with van der Waals surface area (Å²) in [6, 6.07) is 18.5. The van der Waals surface area contributed by atoms with Gasteiger partial charge in [-0.1, -0.05) is 42.5 Å². The van der Waals surface area contributed by atoms with Crippen molar-refractivity contribution in [2.24, 2.45) is 0 Å². The lowest BCUT2D eigenvalue weighted by Gasteiger charge is -2.33. The molecule has 0 aromatic heterocycles. The Labute approximate surface area is 233 Å². The van der Waals surface area contributed by atoms with E-state index in [1.807, 2.05) is 30.3 Å². The summed E-state index contributed by atoms with van der Waals surface area (Å²) in [5, 5.41) is 2.79. The summed E-state index contributed by atoms with van der Waals surface area (Å²) in [5.41, 5.74) is 1.63. The number of carbonyl (C=O) groups excluding carboxylic acids is 2. The van der Waals surface area contributed by atoms with Crippen LogP contribution in [0.5, 0.6) is 11.5 Å². The number of anilines is 1. The molecule has 0 aliphatic carbocycles. The highest BCUT2D eigenvalue weighted by molar-refractivity contribution is 7.92. The fraction of sp³-hybridized carbons (Fsp3) is 0.310. The molecule has 0 unspecified atom stereocenters. The standard InChI is InChI=1S/C29H32FN3O6S/c1-3-31-29(35)25(17-21-7-5-4-6-8-21)32(19-22-9-11-23(30)12-10-22)28(34)20-33(40(2,36)37)24-13-14-26-27(18-24)39-16-15-38-26/h4-14,18,25H,3,15-17,19-20H2,1-2H3,(H,31,35)/t25-/m0/s1. The first-order valence-electron chi connectivity index (χ1n) is 12.9. The molecule has 0 fully saturated rings. The van der Waals surface area contributed by atoms with Crippen LogP contribution in [0.3, 0.4) is 0 Å². The Morgan fingerprint density at radius 3 is 2.27 bits per heavy atom. The summed E-state index contributed by atoms with van der Waals surface area (Å²) in [5.74, 6) is -0.568. The summed E-state index contributed by atoms with van der Waals surface area (Å²) in [6.45, 7) is 2.21. The quantitative estimate of drug-likeness (QED) is 0.381. The van der Waals surface area contributed by atoms with E-state index < -0.39 is 34.3 Å². The first-order valence-corrected chi connectivity index (χ1v) is 14.7. The second kappa shape index (κ2) is 12.8. The number of rotatable bonds is 11. The normalized spacial score (nSPS) is 13.3. The number of ether oxygens (including phenoxy) is 2. The molecule has 2 amide bonds. The predicted octanol–water partition coefficient (Wildman–Crippen LogP) is 3.14. The van der Waals surface area contributed by atoms with Crippen LogP contribution < -0.4 is 19.1 Å². The van der Waals surface area contributed by atoms with E-state index in [-0.39, 0.29) is 24.6 Å². The monoisotopic (exact) mass is 569 g/mol. The minimum Gasteiger partial charge on any atom is -0.486 e. The van der Waals surface area contributed by atoms with Crippen LogP contribution in [0, 0.1) is 5.82 Å². The fourth-order valence-corrected chi connectivity index (χ4v) is 5.27. The van der Waals surface area contributed by atoms with E-state index in [4.69, 9.17) is 9.47 Å². The zero-order valence-corrected chi connectivity index (χ0v) is 23.2. The van der Waals surface area contributed by atoms with Gasteiger partial charge in [-0.2, -0.15) is 0 Å². The van der Waals surface area contributed by atoms with Crippen LogP contribution in [0.4, 0.5) is 10.1 Å². The molecule has 3 aromatic carbocycles. The molecule has 9 nitrogen and oxygen atoms in total. The molecule has 1 aliphatic rings. The Balaban J connectivity index is 1.71. The molecular formula is C29H32FN3O6S. The van der Waals surface area contributed by atoms with E-state index in [0.29, 0.717) is 36.8 Å². The largest absolute Gasteiger partial charge is 0.486 e. The van der Waals surface area contributed by atoms with E-state index in [2.05, 4.69) is 5.32 Å². The van der Waals surface area contributed by atoms with Gasteiger partial charge in [0.15, 0.2) is 11.5 Å². The number of hydrogen-bond donors (Lipinski definition) is 1. The zero-order chi connectivity index (χ0) is 28.7. The molecule has 0 bridgehead atoms. The van der Waals surface area contributed by atoms with Crippen molar-refractivity contribution in [2.75, 3.05) is 36.9 Å². The highest BCUT2D eigenvalue weighted by Crippen LogP contribution is 2.34. The first-order chi connectivity index (χ1) is 19.2. The lowest BCUT2D eigenvalue weighted by molar-refractivity contribution is -0.140. The third kappa shape index (κ3) is 7.29. The van der Waals surface area contributed by atoms with Crippen LogP contribution in [0.25, 0.3) is 0 Å². The molecule has 3 aromatic rings. The van der Waals surface area contributed by atoms with E-state index in [1.165, 1.54) is 41.3 Å². The third-order valence-electron chi connectivity index (χ3n) is 6.38. The highest BCUT2D eigenvalue weighted by Gasteiger charge is 2.33. The van der Waals surface area contributed by atoms with Crippen LogP contribution in [-0.4, -0.2) is 63.7 Å². The van der Waals surface area contributed by atoms with Crippen molar-refractivity contribution in [3.63, 3.8) is 0 Å². The summed E-state index contributed by atoms with van der Waals surface area (Å²) in [4.78, 5) is 28.7. The molecule has 11 heteroatoms. The average molecular weight is 570 g/mol. The SMILES string of the molecule is CCNC(=O)[C@H](Cc1ccccc1)N(Cc1ccc(F)cc1)C(=O)CN(c1ccc2c(c1)OCCO2)S(C)(=O)=O. The number of benzene rings is 3. The van der Waals surface area contributed by atoms with Crippen molar-refractivity contribution < 1.29 is 31.9 Å². The van der Waals surface area contributed by atoms with Crippen LogP contribution in [0.15, 0.2) is 72.8 Å². The summed E-state index contributed by atoms with van der Waals surface area (Å²) in [6.07, 6.45) is 1.20. The van der Waals surface area contributed by atoms with Crippen LogP contribution in [-0.2, 0) is 32.6 Å². The molecule has 212 valence electrons. The molecule has 40 heavy (non-hydrogen) atoms. The van der Waals surface area contributed by atoms with Crippen molar-refractivity contribution in [3.05, 3.63) is 89.7 Å². The number of halogens is 1. The van der Waals surface area contributed by atoms with Crippen LogP contribution >= 0.6 is 0 Å². The Hall–Kier alpha value is -4.12. The molecule has 1 atom stereocenters. The maximum atomic E-state index is 14.0. The molecule has 0 saturated heterocycles. The Morgan fingerprint density at radius 1 is 0.950 bits per heavy atom. The number of fused-ring (bicyclic) bond motifs is 1. The second-order valence-corrected chi connectivity index (χ2v) is 11.3. The number of amides is 2. The Bertz CT molecular complexity index is 1430. The van der Waals surface area contributed by atoms with Gasteiger partial charge >= 0.3 is 0 Å². The highest BCUT2D eigenvalue weighted by atomic mass is 32.2. The van der Waals surface area contributed by atoms with Crippen molar-refractivity contribution in [2.45, 2.75) is 25.9 Å². The Kier molecular flexibility index (Phi) is 9.26. The minimum absolute atomic E-state index is 0.0352. The number of nitrogens with one attached hydrogen (secondary N) is 1. The minimum atomic E-state index is -3.93. The number of nitrogens with zero attached hydrogens (tertiary/aromatic N) is 2. The van der Waals surface area contributed by atoms with Gasteiger partial charge in [0.1, 0.15) is 31.6 Å². The van der Waals surface area contributed by atoms with Gasteiger partial charge in [0.2, 0.25) is 21.8 Å². The fourth-order valence-electron chi connectivity index (χ4n) is 4.43. The molecule has 1 aliphatic heterocycles. The van der Waals surface area contributed by atoms with Gasteiger partial charge in [0.25, 0.3) is 0 Å². The van der Waals surface area contributed by atoms with Crippen LogP contribution in [0.1, 0.15) is 18.1 Å². The van der Waals surface area contributed by atoms with Crippen LogP contribution in [0.2, 0.25) is 0 Å². The van der Waals surface area contributed by atoms with E-state index >= 15 is 0 Å². The topological polar surface area (TPSA) is 105 Å². The van der Waals surface area contributed by atoms with Gasteiger partial charge in [0, 0.05) is 25.6 Å². The number of hydrogen-bond acceptors (Lipinski definition) is 6. The predicted molar refractivity (Wildman–Crippen MR) is 149 cm³/mol. The van der Waals surface area contributed by atoms with E-state index in [9.17, 15) is 22.4 Å². The smallest absolute Gasteiger partial charge is 0.244 e. The molecule has 1 N–H and O–H groups in total. The van der Waals surface area contributed by atoms with Gasteiger partial charge < -0.3 is 19.7 Å². The molecular weight excluding hydrogens is 537 g/mol. The van der Waals surface area contributed by atoms with Crippen molar-refractivity contribution >= 4 is 27.5 Å². The van der Waals surface area contributed by atoms with Gasteiger partial charge in [-0.3, -0.25) is 13.9 Å². The molecule has 1 heterocycles. The first kappa shape index (κ1) is 28.9. The van der Waals surface area contributed by atoms with Crippen molar-refractivity contribution in [1.29, 1.82) is 0 Å². The molecule has 0 radical (unpaired) electrons. The molecule has 0 spiro atoms. The molecule has 4 rings (SSSR count). The Morgan fingerprint density at radius 2 is 1.62 bits per heavy atom. The molecule has 0 saturated carbocycles. The number of carbonyl (C=O) groups is 2. The third-order valence-corrected chi connectivity index (χ3v) is 7.52. The lowest BCUT2D eigenvalue weighted by atomic mass is 10.0. The second-order valence-electron chi connectivity index (χ2n) is 9.35. The van der Waals surface area contributed by atoms with Gasteiger partial charge in [-0.25, -0.2) is 12.8 Å². The average Bonchev–Trinajstić information content (AvgIpc) is 2.94. The zero-order valence-electron chi connectivity index (χ0n) is 22.4. The lowest BCUT2D eigenvalue weighted by Crippen LogP contribution is -2.53. The summed E-state index contributed by atoms with van der Waals surface area (Å²) in [7, 11) is -3.93. The van der Waals surface area contributed by atoms with Gasteiger partial charge in [-0.15, -0.1) is 0 Å². The van der Waals surface area contributed by atoms with Crippen molar-refractivity contribution in [3.8, 4) is 11.5 Å². The maximum absolute atomic E-state index is 14.0. The van der Waals surface area contributed by atoms with Gasteiger partial charge in [0.05, 0.1) is 11.9 Å². The van der Waals surface area contributed by atoms with Crippen molar-refractivity contribution in [1.82, 2.24) is 10.2 Å². The summed E-state index contributed by atoms with van der Waals surface area (Å²) >= 11 is 0. The maximum Gasteiger partial charge on any atom is 0.244 e. The number of sulfonamides is 1.